The summed E-state index contributed by atoms with van der Waals surface area (Å²) in [5.41, 5.74) is 0. The van der Waals surface area contributed by atoms with Crippen molar-refractivity contribution in [1.29, 1.82) is 0 Å². The standard InChI is InChI=1S/C55H96O6/c1-4-7-10-13-16-19-22-25-27-28-31-33-36-39-42-45-48-54(57)60-51-52(50-59-53(56)47-44-41-38-35-32-29-24-21-18-15-12-9-6-3)61-55(58)49-46-43-40-37-34-30-26-23-20-17-14-11-8-5-2/h7,10,16,19,25,27,30-31,33-34,52H,4-6,8-9,11-15,17-18,20-24,26,28-29,32,35-51H2,1-3H3/b10-7-,19-16-,27-25-,33-31-,34-30-. The first-order valence-corrected chi connectivity index (χ1v) is 25.8. The van der Waals surface area contributed by atoms with Crippen molar-refractivity contribution in [2.24, 2.45) is 0 Å². The van der Waals surface area contributed by atoms with E-state index >= 15 is 0 Å². The molecular formula is C55H96O6. The van der Waals surface area contributed by atoms with Crippen molar-refractivity contribution in [3.63, 3.8) is 0 Å². The summed E-state index contributed by atoms with van der Waals surface area (Å²) in [6, 6.07) is 0. The summed E-state index contributed by atoms with van der Waals surface area (Å²) >= 11 is 0. The van der Waals surface area contributed by atoms with Gasteiger partial charge in [0.25, 0.3) is 0 Å². The second-order valence-electron chi connectivity index (χ2n) is 17.1. The van der Waals surface area contributed by atoms with Crippen molar-refractivity contribution in [3.8, 4) is 0 Å². The summed E-state index contributed by atoms with van der Waals surface area (Å²) in [4.78, 5) is 37.9. The topological polar surface area (TPSA) is 78.9 Å². The first-order valence-electron chi connectivity index (χ1n) is 25.8. The number of hydrogen-bond donors (Lipinski definition) is 0. The van der Waals surface area contributed by atoms with Crippen LogP contribution in [-0.4, -0.2) is 37.2 Å². The van der Waals surface area contributed by atoms with Crippen LogP contribution in [0.15, 0.2) is 60.8 Å². The van der Waals surface area contributed by atoms with Gasteiger partial charge in [-0.3, -0.25) is 14.4 Å². The van der Waals surface area contributed by atoms with Crippen LogP contribution in [0, 0.1) is 0 Å². The Morgan fingerprint density at radius 3 is 1.03 bits per heavy atom. The maximum atomic E-state index is 12.8. The lowest BCUT2D eigenvalue weighted by Crippen LogP contribution is -2.30. The van der Waals surface area contributed by atoms with Gasteiger partial charge in [0.1, 0.15) is 13.2 Å². The van der Waals surface area contributed by atoms with Crippen LogP contribution in [0.25, 0.3) is 0 Å². The van der Waals surface area contributed by atoms with Gasteiger partial charge in [0.15, 0.2) is 6.10 Å². The summed E-state index contributed by atoms with van der Waals surface area (Å²) in [5.74, 6) is -0.932. The Balaban J connectivity index is 4.44. The first kappa shape index (κ1) is 58.1. The van der Waals surface area contributed by atoms with Crippen molar-refractivity contribution in [1.82, 2.24) is 0 Å². The zero-order chi connectivity index (χ0) is 44.4. The largest absolute Gasteiger partial charge is 0.462 e. The highest BCUT2D eigenvalue weighted by Gasteiger charge is 2.19. The SMILES string of the molecule is CC/C=C\C/C=C\C/C=C\C/C=C\CCCCCC(=O)OCC(COC(=O)CCCCCCCCCCCCCCC)OC(=O)CCCCC/C=C\CCCCCCCCC. The molecule has 0 spiro atoms. The molecule has 0 rings (SSSR count). The molecule has 6 nitrogen and oxygen atoms in total. The quantitative estimate of drug-likeness (QED) is 0.0263. The van der Waals surface area contributed by atoms with E-state index in [1.165, 1.54) is 109 Å². The average molecular weight is 853 g/mol. The molecule has 0 fully saturated rings. The predicted octanol–water partition coefficient (Wildman–Crippen LogP) is 16.9. The summed E-state index contributed by atoms with van der Waals surface area (Å²) in [7, 11) is 0. The lowest BCUT2D eigenvalue weighted by atomic mass is 10.0. The molecule has 0 aromatic carbocycles. The van der Waals surface area contributed by atoms with Gasteiger partial charge in [-0.25, -0.2) is 0 Å². The van der Waals surface area contributed by atoms with Crippen LogP contribution < -0.4 is 0 Å². The molecule has 0 aliphatic rings. The highest BCUT2D eigenvalue weighted by molar-refractivity contribution is 5.71. The van der Waals surface area contributed by atoms with Gasteiger partial charge in [-0.05, 0) is 83.5 Å². The third kappa shape index (κ3) is 48.0. The number of rotatable bonds is 46. The molecule has 6 heteroatoms. The van der Waals surface area contributed by atoms with Crippen molar-refractivity contribution in [2.45, 2.75) is 258 Å². The molecule has 0 bridgehead atoms. The van der Waals surface area contributed by atoms with Crippen molar-refractivity contribution >= 4 is 17.9 Å². The summed E-state index contributed by atoms with van der Waals surface area (Å²) in [6.07, 6.45) is 60.6. The lowest BCUT2D eigenvalue weighted by molar-refractivity contribution is -0.167. The van der Waals surface area contributed by atoms with Crippen LogP contribution in [-0.2, 0) is 28.6 Å². The molecule has 0 aromatic heterocycles. The minimum atomic E-state index is -0.792. The Morgan fingerprint density at radius 1 is 0.344 bits per heavy atom. The van der Waals surface area contributed by atoms with Gasteiger partial charge in [-0.2, -0.15) is 0 Å². The zero-order valence-electron chi connectivity index (χ0n) is 40.2. The van der Waals surface area contributed by atoms with E-state index in [9.17, 15) is 14.4 Å². The molecule has 0 aliphatic heterocycles. The summed E-state index contributed by atoms with van der Waals surface area (Å²) in [5, 5.41) is 0. The lowest BCUT2D eigenvalue weighted by Gasteiger charge is -2.18. The summed E-state index contributed by atoms with van der Waals surface area (Å²) < 4.78 is 16.8. The molecule has 0 saturated carbocycles. The number of allylic oxidation sites excluding steroid dienone is 10. The molecule has 0 amide bonds. The Labute approximate surface area is 377 Å². The van der Waals surface area contributed by atoms with E-state index < -0.39 is 6.10 Å². The number of carbonyl (C=O) groups is 3. The van der Waals surface area contributed by atoms with Gasteiger partial charge in [-0.15, -0.1) is 0 Å². The fourth-order valence-corrected chi connectivity index (χ4v) is 7.13. The zero-order valence-corrected chi connectivity index (χ0v) is 40.2. The number of carbonyl (C=O) groups excluding carboxylic acids is 3. The van der Waals surface area contributed by atoms with E-state index in [4.69, 9.17) is 14.2 Å². The first-order chi connectivity index (χ1) is 30.0. The highest BCUT2D eigenvalue weighted by Crippen LogP contribution is 2.15. The van der Waals surface area contributed by atoms with E-state index in [1.54, 1.807) is 0 Å². The third-order valence-corrected chi connectivity index (χ3v) is 11.0. The number of hydrogen-bond acceptors (Lipinski definition) is 6. The average Bonchev–Trinajstić information content (AvgIpc) is 3.26. The van der Waals surface area contributed by atoms with Gasteiger partial charge in [0.05, 0.1) is 0 Å². The second kappa shape index (κ2) is 49.8. The smallest absolute Gasteiger partial charge is 0.306 e. The van der Waals surface area contributed by atoms with Crippen LogP contribution in [0.4, 0.5) is 0 Å². The van der Waals surface area contributed by atoms with Gasteiger partial charge >= 0.3 is 17.9 Å². The highest BCUT2D eigenvalue weighted by atomic mass is 16.6. The van der Waals surface area contributed by atoms with E-state index in [0.29, 0.717) is 19.3 Å². The minimum absolute atomic E-state index is 0.0886. The number of unbranched alkanes of at least 4 members (excludes halogenated alkanes) is 25. The normalized spacial score (nSPS) is 12.5. The molecule has 0 radical (unpaired) electrons. The van der Waals surface area contributed by atoms with Crippen molar-refractivity contribution in [3.05, 3.63) is 60.8 Å². The second-order valence-corrected chi connectivity index (χ2v) is 17.1. The maximum absolute atomic E-state index is 12.8. The predicted molar refractivity (Wildman–Crippen MR) is 261 cm³/mol. The molecule has 0 N–H and O–H groups in total. The van der Waals surface area contributed by atoms with E-state index in [1.807, 2.05) is 0 Å². The Hall–Kier alpha value is -2.89. The molecule has 0 saturated heterocycles. The van der Waals surface area contributed by atoms with Gasteiger partial charge in [-0.1, -0.05) is 210 Å². The van der Waals surface area contributed by atoms with Crippen LogP contribution in [0.5, 0.6) is 0 Å². The van der Waals surface area contributed by atoms with Crippen LogP contribution in [0.3, 0.4) is 0 Å². The van der Waals surface area contributed by atoms with Crippen LogP contribution in [0.2, 0.25) is 0 Å². The number of ether oxygens (including phenoxy) is 3. The van der Waals surface area contributed by atoms with Gasteiger partial charge < -0.3 is 14.2 Å². The van der Waals surface area contributed by atoms with Crippen LogP contribution >= 0.6 is 0 Å². The number of esters is 3. The molecule has 1 atom stereocenters. The van der Waals surface area contributed by atoms with Crippen molar-refractivity contribution < 1.29 is 28.6 Å². The van der Waals surface area contributed by atoms with Gasteiger partial charge in [0, 0.05) is 19.3 Å². The molecule has 352 valence electrons. The molecule has 0 heterocycles. The molecule has 0 aliphatic carbocycles. The minimum Gasteiger partial charge on any atom is -0.462 e. The summed E-state index contributed by atoms with van der Waals surface area (Å²) in [6.45, 7) is 6.49. The molecule has 1 unspecified atom stereocenters. The Morgan fingerprint density at radius 2 is 0.639 bits per heavy atom. The van der Waals surface area contributed by atoms with Gasteiger partial charge in [0.2, 0.25) is 0 Å². The van der Waals surface area contributed by atoms with Crippen LogP contribution in [0.1, 0.15) is 252 Å². The van der Waals surface area contributed by atoms with E-state index in [-0.39, 0.29) is 31.1 Å². The van der Waals surface area contributed by atoms with Crippen molar-refractivity contribution in [2.75, 3.05) is 13.2 Å². The fraction of sp³-hybridized carbons (Fsp3) is 0.764. The molecule has 0 aromatic rings. The van der Waals surface area contributed by atoms with E-state index in [0.717, 1.165) is 103 Å². The molecule has 61 heavy (non-hydrogen) atoms. The fourth-order valence-electron chi connectivity index (χ4n) is 7.13. The third-order valence-electron chi connectivity index (χ3n) is 11.0. The molecular weight excluding hydrogens is 757 g/mol. The maximum Gasteiger partial charge on any atom is 0.306 e. The Kier molecular flexibility index (Phi) is 47.4. The monoisotopic (exact) mass is 853 g/mol. The Bertz CT molecular complexity index is 1120. The van der Waals surface area contributed by atoms with E-state index in [2.05, 4.69) is 81.5 Å².